The van der Waals surface area contributed by atoms with Gasteiger partial charge < -0.3 is 29.6 Å². The normalized spacial score (nSPS) is 27.2. The highest BCUT2D eigenvalue weighted by Gasteiger charge is 2.47. The number of aryl methyl sites for hydroxylation is 2. The van der Waals surface area contributed by atoms with Crippen molar-refractivity contribution in [2.45, 2.75) is 38.2 Å². The first kappa shape index (κ1) is 19.1. The van der Waals surface area contributed by atoms with Gasteiger partial charge in [-0.25, -0.2) is 0 Å². The van der Waals surface area contributed by atoms with Crippen LogP contribution >= 0.6 is 0 Å². The number of nitrogens with one attached hydrogen (secondary N) is 1. The molecule has 1 aromatic heterocycles. The molecule has 3 N–H and O–H groups in total. The van der Waals surface area contributed by atoms with E-state index in [1.165, 1.54) is 4.57 Å². The first-order chi connectivity index (χ1) is 11.8. The minimum absolute atomic E-state index is 0.134. The second kappa shape index (κ2) is 7.77. The van der Waals surface area contributed by atoms with Crippen molar-refractivity contribution < 1.29 is 29.3 Å². The van der Waals surface area contributed by atoms with Crippen LogP contribution in [0.5, 0.6) is 0 Å². The molecule has 3 heterocycles. The number of fused-ring (bicyclic) bond motifs is 1. The number of hydrogen-bond donors (Lipinski definition) is 3. The van der Waals surface area contributed by atoms with Gasteiger partial charge in [-0.3, -0.25) is 14.4 Å². The van der Waals surface area contributed by atoms with E-state index in [-0.39, 0.29) is 43.0 Å². The van der Waals surface area contributed by atoms with Crippen LogP contribution in [-0.2, 0) is 21.3 Å². The molecule has 9 nitrogen and oxygen atoms in total. The average molecular weight is 354 g/mol. The number of hydrogen-bond acceptors (Lipinski definition) is 6. The van der Waals surface area contributed by atoms with Gasteiger partial charge in [-0.05, 0) is 25.5 Å². The van der Waals surface area contributed by atoms with Crippen LogP contribution in [-0.4, -0.2) is 64.7 Å². The number of aliphatic hydroxyl groups is 1. The van der Waals surface area contributed by atoms with Crippen molar-refractivity contribution >= 4 is 12.4 Å². The Kier molecular flexibility index (Phi) is 5.93. The first-order valence-electron chi connectivity index (χ1n) is 7.79. The molecular formula is C16H22N2O7. The van der Waals surface area contributed by atoms with Crippen molar-refractivity contribution in [1.29, 1.82) is 0 Å². The smallest absolute Gasteiger partial charge is 0.290 e. The third-order valence-corrected chi connectivity index (χ3v) is 4.44. The summed E-state index contributed by atoms with van der Waals surface area (Å²) in [7, 11) is 1.64. The maximum absolute atomic E-state index is 12.5. The molecule has 0 saturated carbocycles. The van der Waals surface area contributed by atoms with E-state index < -0.39 is 18.1 Å². The molecule has 2 saturated heterocycles. The summed E-state index contributed by atoms with van der Waals surface area (Å²) in [6, 6.07) is 1.44. The predicted octanol–water partition coefficient (Wildman–Crippen LogP) is -1.04. The van der Waals surface area contributed by atoms with Gasteiger partial charge in [0.2, 0.25) is 0 Å². The molecule has 2 fully saturated rings. The summed E-state index contributed by atoms with van der Waals surface area (Å²) in [5.41, 5.74) is 1.25. The summed E-state index contributed by atoms with van der Waals surface area (Å²) >= 11 is 0. The molecule has 0 aliphatic carbocycles. The standard InChI is InChI=1S/C15H20N2O5.CH2O2/c1-7-4-8(2)17(3)15(20)11(7)14(19)16-9-5-21-13-10(18)6-22-12(9)13;2-1-3/h4,9-10,12-13,18H,5-6H2,1-3H3,(H,16,19);1H,(H,2,3)/t9-,10+,12+,13+;/m0./s1. The van der Waals surface area contributed by atoms with Crippen LogP contribution in [0.3, 0.4) is 0 Å². The number of ether oxygens (including phenoxy) is 2. The Bertz CT molecular complexity index is 715. The van der Waals surface area contributed by atoms with E-state index in [9.17, 15) is 14.7 Å². The Balaban J connectivity index is 0.000000701. The fraction of sp³-hybridized carbons (Fsp3) is 0.562. The number of rotatable bonds is 2. The van der Waals surface area contributed by atoms with Crippen LogP contribution in [0, 0.1) is 13.8 Å². The quantitative estimate of drug-likeness (QED) is 0.579. The lowest BCUT2D eigenvalue weighted by molar-refractivity contribution is -0.122. The van der Waals surface area contributed by atoms with Crippen molar-refractivity contribution in [2.24, 2.45) is 7.05 Å². The lowest BCUT2D eigenvalue weighted by atomic mass is 10.1. The molecule has 2 aliphatic rings. The Morgan fingerprint density at radius 3 is 2.56 bits per heavy atom. The van der Waals surface area contributed by atoms with Gasteiger partial charge in [0, 0.05) is 12.7 Å². The Morgan fingerprint density at radius 1 is 1.32 bits per heavy atom. The number of aromatic nitrogens is 1. The molecule has 1 amide bonds. The van der Waals surface area contributed by atoms with E-state index in [1.54, 1.807) is 20.0 Å². The number of aliphatic hydroxyl groups excluding tert-OH is 1. The maximum Gasteiger partial charge on any atom is 0.290 e. The van der Waals surface area contributed by atoms with Crippen LogP contribution < -0.4 is 10.9 Å². The van der Waals surface area contributed by atoms with E-state index in [0.717, 1.165) is 5.69 Å². The minimum atomic E-state index is -0.666. The Morgan fingerprint density at radius 2 is 1.92 bits per heavy atom. The van der Waals surface area contributed by atoms with Gasteiger partial charge in [0.05, 0.1) is 19.3 Å². The Labute approximate surface area is 144 Å². The second-order valence-corrected chi connectivity index (χ2v) is 6.06. The molecule has 138 valence electrons. The molecule has 2 aliphatic heterocycles. The van der Waals surface area contributed by atoms with Gasteiger partial charge >= 0.3 is 0 Å². The zero-order valence-electron chi connectivity index (χ0n) is 14.3. The van der Waals surface area contributed by atoms with Crippen molar-refractivity contribution in [3.63, 3.8) is 0 Å². The molecule has 0 spiro atoms. The molecule has 0 radical (unpaired) electrons. The summed E-state index contributed by atoms with van der Waals surface area (Å²) in [6.45, 7) is 3.78. The van der Waals surface area contributed by atoms with E-state index >= 15 is 0 Å². The summed E-state index contributed by atoms with van der Waals surface area (Å²) in [5.74, 6) is -0.433. The third kappa shape index (κ3) is 3.73. The highest BCUT2D eigenvalue weighted by atomic mass is 16.6. The number of pyridine rings is 1. The van der Waals surface area contributed by atoms with Gasteiger partial charge in [-0.15, -0.1) is 0 Å². The monoisotopic (exact) mass is 354 g/mol. The van der Waals surface area contributed by atoms with Gasteiger partial charge in [0.25, 0.3) is 17.9 Å². The highest BCUT2D eigenvalue weighted by molar-refractivity contribution is 5.95. The summed E-state index contributed by atoms with van der Waals surface area (Å²) < 4.78 is 12.4. The van der Waals surface area contributed by atoms with Gasteiger partial charge in [0.1, 0.15) is 23.9 Å². The van der Waals surface area contributed by atoms with E-state index in [2.05, 4.69) is 5.32 Å². The Hall–Kier alpha value is -2.23. The maximum atomic E-state index is 12.5. The molecule has 4 atom stereocenters. The van der Waals surface area contributed by atoms with Gasteiger partial charge in [-0.1, -0.05) is 0 Å². The van der Waals surface area contributed by atoms with Crippen LogP contribution in [0.4, 0.5) is 0 Å². The van der Waals surface area contributed by atoms with Crippen LogP contribution in [0.1, 0.15) is 21.6 Å². The average Bonchev–Trinajstić information content (AvgIpc) is 3.10. The first-order valence-corrected chi connectivity index (χ1v) is 7.79. The third-order valence-electron chi connectivity index (χ3n) is 4.44. The molecule has 25 heavy (non-hydrogen) atoms. The van der Waals surface area contributed by atoms with Crippen LogP contribution in [0.2, 0.25) is 0 Å². The van der Waals surface area contributed by atoms with Crippen molar-refractivity contribution in [3.8, 4) is 0 Å². The molecule has 0 bridgehead atoms. The molecular weight excluding hydrogens is 332 g/mol. The SMILES string of the molecule is Cc1cc(C)n(C)c(=O)c1C(=O)N[C@H]1CO[C@H]2[C@@H]1OC[C@H]2O.O=CO. The lowest BCUT2D eigenvalue weighted by Crippen LogP contribution is -2.46. The number of carbonyl (C=O) groups excluding carboxylic acids is 1. The highest BCUT2D eigenvalue weighted by Crippen LogP contribution is 2.27. The fourth-order valence-electron chi connectivity index (χ4n) is 3.10. The largest absolute Gasteiger partial charge is 0.483 e. The van der Waals surface area contributed by atoms with E-state index in [1.807, 2.05) is 6.92 Å². The van der Waals surface area contributed by atoms with Crippen molar-refractivity contribution in [1.82, 2.24) is 9.88 Å². The molecule has 0 aromatic carbocycles. The van der Waals surface area contributed by atoms with Gasteiger partial charge in [-0.2, -0.15) is 0 Å². The van der Waals surface area contributed by atoms with E-state index in [0.29, 0.717) is 5.56 Å². The summed E-state index contributed by atoms with van der Waals surface area (Å²) in [5, 5.41) is 19.4. The number of carbonyl (C=O) groups is 2. The van der Waals surface area contributed by atoms with Gasteiger partial charge in [0.15, 0.2) is 0 Å². The molecule has 1 aromatic rings. The van der Waals surface area contributed by atoms with E-state index in [4.69, 9.17) is 19.4 Å². The number of amides is 1. The van der Waals surface area contributed by atoms with Crippen LogP contribution in [0.25, 0.3) is 0 Å². The zero-order valence-corrected chi connectivity index (χ0v) is 14.3. The second-order valence-electron chi connectivity index (χ2n) is 6.06. The predicted molar refractivity (Wildman–Crippen MR) is 86.6 cm³/mol. The zero-order chi connectivity index (χ0) is 18.7. The topological polar surface area (TPSA) is 127 Å². The molecule has 9 heteroatoms. The van der Waals surface area contributed by atoms with Crippen molar-refractivity contribution in [3.05, 3.63) is 33.2 Å². The fourth-order valence-corrected chi connectivity index (χ4v) is 3.10. The van der Waals surface area contributed by atoms with Crippen molar-refractivity contribution in [2.75, 3.05) is 13.2 Å². The lowest BCUT2D eigenvalue weighted by Gasteiger charge is -2.18. The molecule has 3 rings (SSSR count). The number of carboxylic acid groups (broad SMARTS) is 1. The molecule has 0 unspecified atom stereocenters. The number of nitrogens with zero attached hydrogens (tertiary/aromatic N) is 1. The van der Waals surface area contributed by atoms with Crippen LogP contribution in [0.15, 0.2) is 10.9 Å². The summed E-state index contributed by atoms with van der Waals surface area (Å²) in [6.07, 6.45) is -1.44. The summed E-state index contributed by atoms with van der Waals surface area (Å²) in [4.78, 5) is 33.1. The minimum Gasteiger partial charge on any atom is -0.483 e.